The molecule has 1 aliphatic rings. The molecule has 0 unspecified atom stereocenters. The Bertz CT molecular complexity index is 1250. The summed E-state index contributed by atoms with van der Waals surface area (Å²) in [5, 5.41) is 4.86. The van der Waals surface area contributed by atoms with Crippen LogP contribution in [0.2, 0.25) is 0 Å². The van der Waals surface area contributed by atoms with Gasteiger partial charge in [-0.15, -0.1) is 0 Å². The Morgan fingerprint density at radius 2 is 1.91 bits per heavy atom. The third kappa shape index (κ3) is 4.00. The number of aryl methyl sites for hydroxylation is 1. The molecule has 4 amide bonds. The van der Waals surface area contributed by atoms with Crippen molar-refractivity contribution in [3.8, 4) is 5.82 Å². The summed E-state index contributed by atoms with van der Waals surface area (Å²) in [6, 6.07) is 12.4. The van der Waals surface area contributed by atoms with E-state index in [0.717, 1.165) is 27.7 Å². The van der Waals surface area contributed by atoms with E-state index in [2.05, 4.69) is 15.6 Å². The Hall–Kier alpha value is -4.27. The zero-order valence-corrected chi connectivity index (χ0v) is 17.4. The fourth-order valence-electron chi connectivity index (χ4n) is 3.54. The Kier molecular flexibility index (Phi) is 5.55. The van der Waals surface area contributed by atoms with Gasteiger partial charge in [-0.25, -0.2) is 19.1 Å². The third-order valence-electron chi connectivity index (χ3n) is 5.06. The third-order valence-corrected chi connectivity index (χ3v) is 5.06. The average molecular weight is 433 g/mol. The normalized spacial score (nSPS) is 14.7. The number of benzene rings is 1. The average Bonchev–Trinajstić information content (AvgIpc) is 3.19. The fraction of sp³-hybridized carbons (Fsp3) is 0.130. The van der Waals surface area contributed by atoms with Crippen LogP contribution in [0.1, 0.15) is 17.0 Å². The molecule has 0 saturated carbocycles. The van der Waals surface area contributed by atoms with Crippen LogP contribution in [0, 0.1) is 19.7 Å². The number of hydrogen-bond acceptors (Lipinski definition) is 4. The van der Waals surface area contributed by atoms with Gasteiger partial charge in [0, 0.05) is 17.6 Å². The van der Waals surface area contributed by atoms with Gasteiger partial charge in [0.05, 0.1) is 5.69 Å². The van der Waals surface area contributed by atoms with Gasteiger partial charge in [-0.05, 0) is 55.8 Å². The van der Waals surface area contributed by atoms with Crippen LogP contribution in [-0.4, -0.2) is 38.8 Å². The summed E-state index contributed by atoms with van der Waals surface area (Å²) in [6.45, 7) is 3.26. The molecule has 0 spiro atoms. The standard InChI is InChI=1S/C23H20FN5O3/c1-14-11-16(15(2)29(14)20-9-5-6-10-25-20)12-19-22(31)28(23(32)27-19)13-21(30)26-18-8-4-3-7-17(18)24/h3-12H,13H2,1-2H3,(H,26,30)(H,27,32)/b19-12+. The maximum Gasteiger partial charge on any atom is 0.329 e. The number of para-hydroxylation sites is 1. The lowest BCUT2D eigenvalue weighted by Gasteiger charge is -2.12. The molecule has 1 saturated heterocycles. The molecule has 0 aliphatic carbocycles. The Morgan fingerprint density at radius 3 is 2.62 bits per heavy atom. The quantitative estimate of drug-likeness (QED) is 0.477. The summed E-state index contributed by atoms with van der Waals surface area (Å²) in [5.41, 5.74) is 2.50. The van der Waals surface area contributed by atoms with Crippen LogP contribution in [0.15, 0.2) is 60.4 Å². The first-order chi connectivity index (χ1) is 15.3. The van der Waals surface area contributed by atoms with Gasteiger partial charge in [-0.2, -0.15) is 0 Å². The van der Waals surface area contributed by atoms with Gasteiger partial charge < -0.3 is 15.2 Å². The number of nitrogens with zero attached hydrogens (tertiary/aromatic N) is 3. The Morgan fingerprint density at radius 1 is 1.16 bits per heavy atom. The highest BCUT2D eigenvalue weighted by atomic mass is 19.1. The molecule has 2 N–H and O–H groups in total. The van der Waals surface area contributed by atoms with Crippen molar-refractivity contribution in [2.45, 2.75) is 13.8 Å². The van der Waals surface area contributed by atoms with Gasteiger partial charge in [0.1, 0.15) is 23.9 Å². The molecule has 8 nitrogen and oxygen atoms in total. The molecule has 1 aromatic carbocycles. The first-order valence-electron chi connectivity index (χ1n) is 9.84. The van der Waals surface area contributed by atoms with Crippen molar-refractivity contribution in [1.82, 2.24) is 19.8 Å². The van der Waals surface area contributed by atoms with Crippen molar-refractivity contribution in [3.63, 3.8) is 0 Å². The molecule has 3 heterocycles. The molecule has 0 bridgehead atoms. The minimum atomic E-state index is -0.719. The molecule has 0 atom stereocenters. The Labute approximate surface area is 183 Å². The predicted octanol–water partition coefficient (Wildman–Crippen LogP) is 3.16. The van der Waals surface area contributed by atoms with Crippen molar-refractivity contribution in [3.05, 3.63) is 83.2 Å². The maximum atomic E-state index is 13.7. The predicted molar refractivity (Wildman–Crippen MR) is 116 cm³/mol. The van der Waals surface area contributed by atoms with E-state index >= 15 is 0 Å². The molecule has 2 aromatic heterocycles. The monoisotopic (exact) mass is 433 g/mol. The van der Waals surface area contributed by atoms with Gasteiger partial charge in [0.2, 0.25) is 5.91 Å². The number of hydrogen-bond donors (Lipinski definition) is 2. The molecule has 9 heteroatoms. The van der Waals surface area contributed by atoms with Crippen LogP contribution < -0.4 is 10.6 Å². The lowest BCUT2D eigenvalue weighted by molar-refractivity contribution is -0.127. The number of aromatic nitrogens is 2. The molecule has 4 rings (SSSR count). The van der Waals surface area contributed by atoms with Gasteiger partial charge >= 0.3 is 6.03 Å². The number of carbonyl (C=O) groups is 3. The Balaban J connectivity index is 1.53. The van der Waals surface area contributed by atoms with Crippen LogP contribution in [-0.2, 0) is 9.59 Å². The second-order valence-corrected chi connectivity index (χ2v) is 7.26. The fourth-order valence-corrected chi connectivity index (χ4v) is 3.54. The van der Waals surface area contributed by atoms with Gasteiger partial charge in [0.15, 0.2) is 0 Å². The minimum absolute atomic E-state index is 0.0257. The molecule has 1 aliphatic heterocycles. The number of urea groups is 1. The first kappa shape index (κ1) is 21.0. The molecule has 0 radical (unpaired) electrons. The second kappa shape index (κ2) is 8.46. The van der Waals surface area contributed by atoms with Crippen LogP contribution >= 0.6 is 0 Å². The number of carbonyl (C=O) groups excluding carboxylic acids is 3. The number of pyridine rings is 1. The summed E-state index contributed by atoms with van der Waals surface area (Å²) < 4.78 is 15.7. The zero-order valence-electron chi connectivity index (χ0n) is 17.4. The summed E-state index contributed by atoms with van der Waals surface area (Å²) >= 11 is 0. The molecule has 3 aromatic rings. The van der Waals surface area contributed by atoms with E-state index in [4.69, 9.17) is 0 Å². The van der Waals surface area contributed by atoms with Crippen molar-refractivity contribution in [2.24, 2.45) is 0 Å². The summed E-state index contributed by atoms with van der Waals surface area (Å²) in [4.78, 5) is 42.4. The maximum absolute atomic E-state index is 13.7. The van der Waals surface area contributed by atoms with Crippen LogP contribution in [0.5, 0.6) is 0 Å². The van der Waals surface area contributed by atoms with Crippen molar-refractivity contribution >= 4 is 29.6 Å². The summed E-state index contributed by atoms with van der Waals surface area (Å²) in [6.07, 6.45) is 3.26. The smallest absolute Gasteiger partial charge is 0.322 e. The highest BCUT2D eigenvalue weighted by Crippen LogP contribution is 2.23. The van der Waals surface area contributed by atoms with Gasteiger partial charge in [0.25, 0.3) is 5.91 Å². The first-order valence-corrected chi connectivity index (χ1v) is 9.84. The van der Waals surface area contributed by atoms with E-state index in [9.17, 15) is 18.8 Å². The molecule has 162 valence electrons. The lowest BCUT2D eigenvalue weighted by atomic mass is 10.2. The zero-order chi connectivity index (χ0) is 22.8. The molecular formula is C23H20FN5O3. The molecule has 1 fully saturated rings. The topological polar surface area (TPSA) is 96.3 Å². The number of imide groups is 1. The van der Waals surface area contributed by atoms with Gasteiger partial charge in [-0.1, -0.05) is 18.2 Å². The van der Waals surface area contributed by atoms with Crippen molar-refractivity contribution < 1.29 is 18.8 Å². The van der Waals surface area contributed by atoms with E-state index in [-0.39, 0.29) is 11.4 Å². The lowest BCUT2D eigenvalue weighted by Crippen LogP contribution is -2.38. The number of halogens is 1. The highest BCUT2D eigenvalue weighted by molar-refractivity contribution is 6.16. The number of nitrogens with one attached hydrogen (secondary N) is 2. The second-order valence-electron chi connectivity index (χ2n) is 7.26. The summed E-state index contributed by atoms with van der Waals surface area (Å²) in [7, 11) is 0. The van der Waals surface area contributed by atoms with Crippen LogP contribution in [0.4, 0.5) is 14.9 Å². The number of anilines is 1. The summed E-state index contributed by atoms with van der Waals surface area (Å²) in [5.74, 6) is -1.20. The SMILES string of the molecule is Cc1cc(/C=C2/NC(=O)N(CC(=O)Nc3ccccc3F)C2=O)c(C)n1-c1ccccn1. The van der Waals surface area contributed by atoms with Crippen LogP contribution in [0.3, 0.4) is 0 Å². The van der Waals surface area contributed by atoms with E-state index in [0.29, 0.717) is 0 Å². The van der Waals surface area contributed by atoms with E-state index < -0.39 is 30.2 Å². The van der Waals surface area contributed by atoms with Crippen molar-refractivity contribution in [2.75, 3.05) is 11.9 Å². The number of amides is 4. The van der Waals surface area contributed by atoms with Gasteiger partial charge in [-0.3, -0.25) is 9.59 Å². The minimum Gasteiger partial charge on any atom is -0.322 e. The van der Waals surface area contributed by atoms with E-state index in [1.54, 1.807) is 18.3 Å². The molecular weight excluding hydrogens is 413 g/mol. The highest BCUT2D eigenvalue weighted by Gasteiger charge is 2.35. The van der Waals surface area contributed by atoms with E-state index in [1.807, 2.05) is 42.7 Å². The largest absolute Gasteiger partial charge is 0.329 e. The van der Waals surface area contributed by atoms with E-state index in [1.165, 1.54) is 18.2 Å². The number of rotatable bonds is 5. The van der Waals surface area contributed by atoms with Crippen molar-refractivity contribution in [1.29, 1.82) is 0 Å². The van der Waals surface area contributed by atoms with Crippen LogP contribution in [0.25, 0.3) is 11.9 Å². The molecule has 32 heavy (non-hydrogen) atoms.